The molecule has 238 valence electrons. The highest BCUT2D eigenvalue weighted by Gasteiger charge is 2.24. The van der Waals surface area contributed by atoms with Gasteiger partial charge >= 0.3 is 5.97 Å². The number of nitrogens with zero attached hydrogens (tertiary/aromatic N) is 5. The number of carbonyl (C=O) groups excluding carboxylic acids is 1. The highest BCUT2D eigenvalue weighted by atomic mass is 32.1. The number of aromatic nitrogens is 6. The van der Waals surface area contributed by atoms with E-state index in [9.17, 15) is 18.4 Å². The number of carboxylic acids is 1. The lowest BCUT2D eigenvalue weighted by Gasteiger charge is -2.21. The molecule has 1 fully saturated rings. The summed E-state index contributed by atoms with van der Waals surface area (Å²) in [6, 6.07) is 2.08. The van der Waals surface area contributed by atoms with Crippen LogP contribution in [0.4, 0.5) is 14.5 Å². The Balaban J connectivity index is 0.000000484. The fourth-order valence-electron chi connectivity index (χ4n) is 4.05. The molecule has 16 heteroatoms. The number of hydrogen-bond acceptors (Lipinski definition) is 9. The normalized spacial score (nSPS) is 12.4. The van der Waals surface area contributed by atoms with Gasteiger partial charge in [0.05, 0.1) is 17.9 Å². The average Bonchev–Trinajstić information content (AvgIpc) is 3.77. The van der Waals surface area contributed by atoms with E-state index in [0.29, 0.717) is 11.4 Å². The lowest BCUT2D eigenvalue weighted by atomic mass is 9.96. The van der Waals surface area contributed by atoms with Crippen LogP contribution in [0.5, 0.6) is 0 Å². The van der Waals surface area contributed by atoms with E-state index in [1.54, 1.807) is 35.6 Å². The molecule has 1 saturated carbocycles. The number of nitrogens with one attached hydrogen (secondary N) is 2. The summed E-state index contributed by atoms with van der Waals surface area (Å²) in [5.74, 6) is -2.73. The first-order valence-electron chi connectivity index (χ1n) is 13.8. The molecule has 0 aromatic carbocycles. The largest absolute Gasteiger partial charge is 0.483 e. The van der Waals surface area contributed by atoms with Crippen LogP contribution < -0.4 is 5.32 Å². The van der Waals surface area contributed by atoms with Gasteiger partial charge in [-0.1, -0.05) is 26.2 Å². The number of aliphatic hydroxyl groups excluding tert-OH is 1. The number of carboxylic acid groups (broad SMARTS) is 2. The van der Waals surface area contributed by atoms with Gasteiger partial charge in [0.2, 0.25) is 5.95 Å². The Morgan fingerprint density at radius 1 is 1.16 bits per heavy atom. The summed E-state index contributed by atoms with van der Waals surface area (Å²) in [6.07, 6.45) is 11.2. The Labute approximate surface area is 256 Å². The monoisotopic (exact) mass is 635 g/mol. The number of anilines is 1. The third-order valence-electron chi connectivity index (χ3n) is 5.91. The number of aromatic amines is 1. The quantitative estimate of drug-likeness (QED) is 0.130. The van der Waals surface area contributed by atoms with E-state index in [-0.39, 0.29) is 41.9 Å². The molecule has 5 rings (SSSR count). The summed E-state index contributed by atoms with van der Waals surface area (Å²) in [4.78, 5) is 38.9. The van der Waals surface area contributed by atoms with E-state index in [1.807, 2.05) is 6.92 Å². The molecule has 44 heavy (non-hydrogen) atoms. The molecule has 13 nitrogen and oxygen atoms in total. The molecule has 0 spiro atoms. The summed E-state index contributed by atoms with van der Waals surface area (Å²) >= 11 is 1.30. The third kappa shape index (κ3) is 10.9. The number of aliphatic hydroxyl groups is 1. The van der Waals surface area contributed by atoms with Gasteiger partial charge in [-0.15, -0.1) is 11.3 Å². The third-order valence-corrected chi connectivity index (χ3v) is 6.80. The number of halogens is 2. The number of amides is 1. The first kappa shape index (κ1) is 35.6. The molecule has 5 N–H and O–H groups in total. The van der Waals surface area contributed by atoms with Crippen molar-refractivity contribution in [1.82, 2.24) is 29.9 Å². The fraction of sp³-hybridized carbons (Fsp3) is 0.393. The molecule has 4 aromatic rings. The molecular weight excluding hydrogens is 600 g/mol. The zero-order chi connectivity index (χ0) is 32.5. The molecule has 4 aromatic heterocycles. The van der Waals surface area contributed by atoms with Crippen LogP contribution in [-0.4, -0.2) is 70.2 Å². The Hall–Kier alpha value is -4.57. The van der Waals surface area contributed by atoms with Gasteiger partial charge in [-0.05, 0) is 38.3 Å². The topological polar surface area (TPSA) is 196 Å². The van der Waals surface area contributed by atoms with Crippen LogP contribution in [0.25, 0.3) is 22.0 Å². The van der Waals surface area contributed by atoms with Crippen LogP contribution in [0.3, 0.4) is 0 Å². The van der Waals surface area contributed by atoms with Crippen LogP contribution >= 0.6 is 11.3 Å². The first-order valence-corrected chi connectivity index (χ1v) is 14.6. The molecule has 0 bridgehead atoms. The Morgan fingerprint density at radius 2 is 1.84 bits per heavy atom. The van der Waals surface area contributed by atoms with Crippen LogP contribution in [0.15, 0.2) is 36.1 Å². The number of pyridine rings is 1. The highest BCUT2D eigenvalue weighted by Crippen LogP contribution is 2.33. The summed E-state index contributed by atoms with van der Waals surface area (Å²) in [7, 11) is 0. The standard InChI is InChI=1S/C21H19F2N7OS.C4H8O2.C2H6O.CH2O2/c22-14-6-7-17(23)28-18(14)19-15(10-30(29-19)13-4-2-1-3-5-13)26-20(31)16-11-32-21(27-16)12-8-24-25-9-12;1-2-3-4(5)6;1-2-3;2-1-3/h6-11,13H,1-5H2,(H,24,25)(H,26,31);2-3H2,1H3,(H,5,6);3H,2H2,1H3;1H,(H,2,3). The first-order chi connectivity index (χ1) is 21.2. The number of H-pyrrole nitrogens is 1. The van der Waals surface area contributed by atoms with Crippen LogP contribution in [0.1, 0.15) is 75.3 Å². The zero-order valence-corrected chi connectivity index (χ0v) is 25.1. The maximum atomic E-state index is 14.5. The zero-order valence-electron chi connectivity index (χ0n) is 24.2. The molecule has 1 amide bonds. The van der Waals surface area contributed by atoms with Crippen LogP contribution in [-0.2, 0) is 9.59 Å². The number of aliphatic carboxylic acids is 1. The van der Waals surface area contributed by atoms with E-state index < -0.39 is 23.6 Å². The van der Waals surface area contributed by atoms with Crippen LogP contribution in [0, 0.1) is 11.8 Å². The van der Waals surface area contributed by atoms with Crippen molar-refractivity contribution < 1.29 is 38.5 Å². The van der Waals surface area contributed by atoms with Crippen LogP contribution in [0.2, 0.25) is 0 Å². The van der Waals surface area contributed by atoms with Crippen molar-refractivity contribution in [3.05, 3.63) is 53.6 Å². The SMILES string of the molecule is CCCC(=O)O.CCO.O=C(Nc1cn(C2CCCCC2)nc1-c1nc(F)ccc1F)c1csc(-c2cn[nH]c2)n1.O=CO. The molecule has 0 atom stereocenters. The fourth-order valence-corrected chi connectivity index (χ4v) is 4.84. The van der Waals surface area contributed by atoms with Gasteiger partial charge in [0.15, 0.2) is 5.82 Å². The second kappa shape index (κ2) is 18.9. The van der Waals surface area contributed by atoms with Crippen molar-refractivity contribution in [2.45, 2.75) is 64.8 Å². The van der Waals surface area contributed by atoms with Crippen molar-refractivity contribution in [1.29, 1.82) is 0 Å². The van der Waals surface area contributed by atoms with Crippen molar-refractivity contribution in [3.63, 3.8) is 0 Å². The van der Waals surface area contributed by atoms with Gasteiger partial charge in [-0.25, -0.2) is 14.4 Å². The van der Waals surface area contributed by atoms with Gasteiger partial charge in [-0.2, -0.15) is 14.6 Å². The van der Waals surface area contributed by atoms with Gasteiger partial charge in [0.25, 0.3) is 12.4 Å². The molecule has 0 radical (unpaired) electrons. The van der Waals surface area contributed by atoms with Crippen molar-refractivity contribution >= 4 is 35.4 Å². The predicted octanol–water partition coefficient (Wildman–Crippen LogP) is 5.40. The summed E-state index contributed by atoms with van der Waals surface area (Å²) in [5.41, 5.74) is 1.08. The maximum absolute atomic E-state index is 14.5. The van der Waals surface area contributed by atoms with Crippen molar-refractivity contribution in [2.75, 3.05) is 11.9 Å². The maximum Gasteiger partial charge on any atom is 0.303 e. The summed E-state index contributed by atoms with van der Waals surface area (Å²) in [6.45, 7) is 3.52. The van der Waals surface area contributed by atoms with Gasteiger partial charge in [-0.3, -0.25) is 24.2 Å². The Morgan fingerprint density at radius 3 is 2.41 bits per heavy atom. The Bertz CT molecular complexity index is 1460. The summed E-state index contributed by atoms with van der Waals surface area (Å²) < 4.78 is 30.0. The highest BCUT2D eigenvalue weighted by molar-refractivity contribution is 7.13. The molecular formula is C28H35F2N7O6S. The second-order valence-corrected chi connectivity index (χ2v) is 10.0. The number of thiazole rings is 1. The van der Waals surface area contributed by atoms with Crippen molar-refractivity contribution in [2.24, 2.45) is 0 Å². The van der Waals surface area contributed by atoms with E-state index in [1.165, 1.54) is 11.3 Å². The van der Waals surface area contributed by atoms with Crippen molar-refractivity contribution in [3.8, 4) is 22.0 Å². The number of carbonyl (C=O) groups is 3. The average molecular weight is 636 g/mol. The van der Waals surface area contributed by atoms with E-state index >= 15 is 0 Å². The minimum Gasteiger partial charge on any atom is -0.483 e. The summed E-state index contributed by atoms with van der Waals surface area (Å²) in [5, 5.41) is 38.5. The molecule has 0 saturated heterocycles. The molecule has 0 unspecified atom stereocenters. The van der Waals surface area contributed by atoms with Gasteiger partial charge < -0.3 is 20.6 Å². The lowest BCUT2D eigenvalue weighted by Crippen LogP contribution is -2.14. The molecule has 1 aliphatic carbocycles. The van der Waals surface area contributed by atoms with Gasteiger partial charge in [0, 0.05) is 36.4 Å². The second-order valence-electron chi connectivity index (χ2n) is 9.17. The molecule has 0 aliphatic heterocycles. The van der Waals surface area contributed by atoms with E-state index in [0.717, 1.165) is 56.2 Å². The minimum absolute atomic E-state index is 0.0891. The van der Waals surface area contributed by atoms with E-state index in [2.05, 4.69) is 30.6 Å². The number of rotatable bonds is 7. The smallest absolute Gasteiger partial charge is 0.303 e. The predicted molar refractivity (Wildman–Crippen MR) is 159 cm³/mol. The molecule has 1 aliphatic rings. The lowest BCUT2D eigenvalue weighted by molar-refractivity contribution is -0.137. The number of hydrogen-bond donors (Lipinski definition) is 5. The Kier molecular flexibility index (Phi) is 15.3. The van der Waals surface area contributed by atoms with E-state index in [4.69, 9.17) is 20.1 Å². The minimum atomic E-state index is -0.824. The van der Waals surface area contributed by atoms with Gasteiger partial charge in [0.1, 0.15) is 22.1 Å². The molecule has 4 heterocycles.